The van der Waals surface area contributed by atoms with Crippen molar-refractivity contribution < 1.29 is 0 Å². The summed E-state index contributed by atoms with van der Waals surface area (Å²) in [6, 6.07) is 9.60. The molecule has 94 valence electrons. The summed E-state index contributed by atoms with van der Waals surface area (Å²) in [7, 11) is 0. The molecule has 2 rings (SSSR count). The van der Waals surface area contributed by atoms with Crippen molar-refractivity contribution in [2.75, 3.05) is 6.54 Å². The third kappa shape index (κ3) is 3.32. The van der Waals surface area contributed by atoms with Crippen molar-refractivity contribution in [2.45, 2.75) is 52.5 Å². The smallest absolute Gasteiger partial charge is 0.00134 e. The largest absolute Gasteiger partial charge is 0.314 e. The van der Waals surface area contributed by atoms with Crippen molar-refractivity contribution in [3.8, 4) is 0 Å². The first-order valence-corrected chi connectivity index (χ1v) is 6.89. The third-order valence-corrected chi connectivity index (χ3v) is 3.96. The SMILES string of the molecule is Cc1cccc(CC2(CNC(C)C)CCC2)c1. The van der Waals surface area contributed by atoms with E-state index in [2.05, 4.69) is 50.4 Å². The number of hydrogen-bond donors (Lipinski definition) is 1. The average Bonchev–Trinajstić information content (AvgIpc) is 2.21. The molecular formula is C16H25N. The maximum atomic E-state index is 3.62. The Bertz CT molecular complexity index is 364. The topological polar surface area (TPSA) is 12.0 Å². The minimum Gasteiger partial charge on any atom is -0.314 e. The van der Waals surface area contributed by atoms with Crippen LogP contribution in [-0.4, -0.2) is 12.6 Å². The molecule has 1 saturated carbocycles. The molecule has 1 aromatic rings. The molecule has 0 heterocycles. The second-order valence-electron chi connectivity index (χ2n) is 6.05. The zero-order valence-electron chi connectivity index (χ0n) is 11.4. The van der Waals surface area contributed by atoms with Crippen molar-refractivity contribution in [3.05, 3.63) is 35.4 Å². The summed E-state index contributed by atoms with van der Waals surface area (Å²) >= 11 is 0. The van der Waals surface area contributed by atoms with E-state index in [4.69, 9.17) is 0 Å². The van der Waals surface area contributed by atoms with Gasteiger partial charge in [-0.25, -0.2) is 0 Å². The van der Waals surface area contributed by atoms with Gasteiger partial charge in [0.25, 0.3) is 0 Å². The Morgan fingerprint density at radius 2 is 2.06 bits per heavy atom. The van der Waals surface area contributed by atoms with Crippen LogP contribution in [0.15, 0.2) is 24.3 Å². The van der Waals surface area contributed by atoms with Crippen molar-refractivity contribution in [3.63, 3.8) is 0 Å². The van der Waals surface area contributed by atoms with E-state index in [0.29, 0.717) is 11.5 Å². The highest BCUT2D eigenvalue weighted by molar-refractivity contribution is 5.24. The van der Waals surface area contributed by atoms with E-state index in [1.807, 2.05) is 0 Å². The van der Waals surface area contributed by atoms with Gasteiger partial charge in [-0.3, -0.25) is 0 Å². The van der Waals surface area contributed by atoms with Gasteiger partial charge >= 0.3 is 0 Å². The molecule has 0 amide bonds. The lowest BCUT2D eigenvalue weighted by Crippen LogP contribution is -2.43. The summed E-state index contributed by atoms with van der Waals surface area (Å²) in [5.41, 5.74) is 3.43. The molecule has 0 unspecified atom stereocenters. The van der Waals surface area contributed by atoms with E-state index in [9.17, 15) is 0 Å². The molecule has 0 saturated heterocycles. The van der Waals surface area contributed by atoms with Gasteiger partial charge in [0.2, 0.25) is 0 Å². The van der Waals surface area contributed by atoms with E-state index in [-0.39, 0.29) is 0 Å². The highest BCUT2D eigenvalue weighted by Crippen LogP contribution is 2.43. The van der Waals surface area contributed by atoms with Gasteiger partial charge in [0, 0.05) is 12.6 Å². The predicted octanol–water partition coefficient (Wildman–Crippen LogP) is 3.71. The molecular weight excluding hydrogens is 206 g/mol. The molecule has 1 fully saturated rings. The van der Waals surface area contributed by atoms with Crippen LogP contribution in [0.2, 0.25) is 0 Å². The van der Waals surface area contributed by atoms with Gasteiger partial charge in [-0.1, -0.05) is 50.1 Å². The van der Waals surface area contributed by atoms with Crippen molar-refractivity contribution >= 4 is 0 Å². The molecule has 0 radical (unpaired) electrons. The molecule has 0 atom stereocenters. The van der Waals surface area contributed by atoms with E-state index in [1.54, 1.807) is 0 Å². The Morgan fingerprint density at radius 3 is 2.59 bits per heavy atom. The van der Waals surface area contributed by atoms with Crippen molar-refractivity contribution in [2.24, 2.45) is 5.41 Å². The summed E-state index contributed by atoms with van der Waals surface area (Å²) in [4.78, 5) is 0. The molecule has 0 spiro atoms. The first-order chi connectivity index (χ1) is 8.10. The third-order valence-electron chi connectivity index (χ3n) is 3.96. The minimum absolute atomic E-state index is 0.540. The van der Waals surface area contributed by atoms with E-state index in [0.717, 1.165) is 0 Å². The zero-order chi connectivity index (χ0) is 12.3. The van der Waals surface area contributed by atoms with Crippen LogP contribution in [-0.2, 0) is 6.42 Å². The van der Waals surface area contributed by atoms with E-state index >= 15 is 0 Å². The number of rotatable bonds is 5. The van der Waals surface area contributed by atoms with Gasteiger partial charge in [-0.15, -0.1) is 0 Å². The lowest BCUT2D eigenvalue weighted by Gasteiger charge is -2.43. The summed E-state index contributed by atoms with van der Waals surface area (Å²) in [6.45, 7) is 7.83. The standard InChI is InChI=1S/C16H25N/c1-13(2)17-12-16(8-5-9-16)11-15-7-4-6-14(3)10-15/h4,6-7,10,13,17H,5,8-9,11-12H2,1-3H3. The Labute approximate surface area is 106 Å². The summed E-state index contributed by atoms with van der Waals surface area (Å²) in [5.74, 6) is 0. The highest BCUT2D eigenvalue weighted by atomic mass is 14.9. The van der Waals surface area contributed by atoms with Crippen molar-refractivity contribution in [1.82, 2.24) is 5.32 Å². The first-order valence-electron chi connectivity index (χ1n) is 6.89. The fraction of sp³-hybridized carbons (Fsp3) is 0.625. The monoisotopic (exact) mass is 231 g/mol. The number of nitrogens with one attached hydrogen (secondary N) is 1. The maximum Gasteiger partial charge on any atom is 0.00134 e. The van der Waals surface area contributed by atoms with E-state index in [1.165, 1.54) is 43.4 Å². The van der Waals surface area contributed by atoms with Crippen LogP contribution in [0, 0.1) is 12.3 Å². The molecule has 1 aromatic carbocycles. The van der Waals surface area contributed by atoms with Crippen LogP contribution < -0.4 is 5.32 Å². The molecule has 0 bridgehead atoms. The number of benzene rings is 1. The minimum atomic E-state index is 0.540. The molecule has 1 aliphatic carbocycles. The molecule has 1 N–H and O–H groups in total. The van der Waals surface area contributed by atoms with Crippen molar-refractivity contribution in [1.29, 1.82) is 0 Å². The van der Waals surface area contributed by atoms with Gasteiger partial charge in [0.05, 0.1) is 0 Å². The van der Waals surface area contributed by atoms with Crippen LogP contribution in [0.5, 0.6) is 0 Å². The molecule has 0 aromatic heterocycles. The van der Waals surface area contributed by atoms with Crippen LogP contribution in [0.4, 0.5) is 0 Å². The van der Waals surface area contributed by atoms with Gasteiger partial charge in [-0.05, 0) is 37.2 Å². The lowest BCUT2D eigenvalue weighted by atomic mass is 9.65. The molecule has 17 heavy (non-hydrogen) atoms. The molecule has 1 heteroatoms. The molecule has 1 nitrogen and oxygen atoms in total. The normalized spacial score (nSPS) is 18.1. The number of hydrogen-bond acceptors (Lipinski definition) is 1. The zero-order valence-corrected chi connectivity index (χ0v) is 11.4. The second-order valence-corrected chi connectivity index (χ2v) is 6.05. The van der Waals surface area contributed by atoms with Gasteiger partial charge in [0.1, 0.15) is 0 Å². The van der Waals surface area contributed by atoms with Crippen LogP contribution in [0.3, 0.4) is 0 Å². The van der Waals surface area contributed by atoms with Crippen LogP contribution >= 0.6 is 0 Å². The Balaban J connectivity index is 1.99. The van der Waals surface area contributed by atoms with E-state index < -0.39 is 0 Å². The fourth-order valence-electron chi connectivity index (χ4n) is 2.77. The number of aryl methyl sites for hydroxylation is 1. The van der Waals surface area contributed by atoms with Gasteiger partial charge < -0.3 is 5.32 Å². The van der Waals surface area contributed by atoms with Gasteiger partial charge in [-0.2, -0.15) is 0 Å². The summed E-state index contributed by atoms with van der Waals surface area (Å²) in [6.07, 6.45) is 5.43. The van der Waals surface area contributed by atoms with Gasteiger partial charge in [0.15, 0.2) is 0 Å². The molecule has 0 aliphatic heterocycles. The summed E-state index contributed by atoms with van der Waals surface area (Å²) < 4.78 is 0. The fourth-order valence-corrected chi connectivity index (χ4v) is 2.77. The first kappa shape index (κ1) is 12.6. The maximum absolute atomic E-state index is 3.62. The average molecular weight is 231 g/mol. The summed E-state index contributed by atoms with van der Waals surface area (Å²) in [5, 5.41) is 3.62. The Morgan fingerprint density at radius 1 is 1.29 bits per heavy atom. The predicted molar refractivity (Wildman–Crippen MR) is 74.3 cm³/mol. The van der Waals surface area contributed by atoms with Crippen LogP contribution in [0.25, 0.3) is 0 Å². The lowest BCUT2D eigenvalue weighted by molar-refractivity contribution is 0.126. The molecule has 1 aliphatic rings. The quantitative estimate of drug-likeness (QED) is 0.814. The second kappa shape index (κ2) is 5.22. The van der Waals surface area contributed by atoms with Crippen LogP contribution in [0.1, 0.15) is 44.2 Å². The Kier molecular flexibility index (Phi) is 3.88. The Hall–Kier alpha value is -0.820. The highest BCUT2D eigenvalue weighted by Gasteiger charge is 2.36.